The molecule has 0 radical (unpaired) electrons. The average molecular weight is 221 g/mol. The van der Waals surface area contributed by atoms with Gasteiger partial charge in [0.15, 0.2) is 5.82 Å². The number of hydrogen-bond acceptors (Lipinski definition) is 5. The molecule has 16 heavy (non-hydrogen) atoms. The first-order chi connectivity index (χ1) is 7.63. The third kappa shape index (κ3) is 1.70. The van der Waals surface area contributed by atoms with E-state index >= 15 is 0 Å². The molecule has 86 valence electrons. The molecular formula is C10H15N5O. The Morgan fingerprint density at radius 2 is 2.38 bits per heavy atom. The number of aryl methyl sites for hydroxylation is 1. The van der Waals surface area contributed by atoms with E-state index in [1.54, 1.807) is 7.05 Å². The number of nitrogens with two attached hydrogens (primary N) is 1. The second kappa shape index (κ2) is 4.02. The van der Waals surface area contributed by atoms with Crippen molar-refractivity contribution in [3.8, 4) is 6.07 Å². The predicted octanol–water partition coefficient (Wildman–Crippen LogP) is -0.165. The summed E-state index contributed by atoms with van der Waals surface area (Å²) in [4.78, 5) is 1.92. The van der Waals surface area contributed by atoms with Crippen molar-refractivity contribution in [1.82, 2.24) is 9.78 Å². The zero-order valence-corrected chi connectivity index (χ0v) is 9.22. The quantitative estimate of drug-likeness (QED) is 0.687. The van der Waals surface area contributed by atoms with Crippen molar-refractivity contribution in [3.63, 3.8) is 0 Å². The maximum absolute atomic E-state index is 9.59. The first kappa shape index (κ1) is 10.8. The smallest absolute Gasteiger partial charge is 0.170 e. The number of nitrogens with zero attached hydrogens (tertiary/aromatic N) is 4. The number of nitrogen functional groups attached to an aromatic ring is 1. The van der Waals surface area contributed by atoms with Gasteiger partial charge in [0.2, 0.25) is 0 Å². The van der Waals surface area contributed by atoms with Gasteiger partial charge < -0.3 is 15.7 Å². The summed E-state index contributed by atoms with van der Waals surface area (Å²) < 4.78 is 1.49. The van der Waals surface area contributed by atoms with Crippen LogP contribution in [0.15, 0.2) is 0 Å². The highest BCUT2D eigenvalue weighted by atomic mass is 16.3. The number of β-amino-alcohol motifs (C(OH)–C–C–N with tert-alkyl or cyclic N) is 1. The van der Waals surface area contributed by atoms with Gasteiger partial charge in [-0.2, -0.15) is 10.4 Å². The van der Waals surface area contributed by atoms with Gasteiger partial charge in [-0.15, -0.1) is 0 Å². The first-order valence-corrected chi connectivity index (χ1v) is 5.29. The molecule has 1 aliphatic rings. The summed E-state index contributed by atoms with van der Waals surface area (Å²) in [5.41, 5.74) is 6.14. The molecule has 2 heterocycles. The Morgan fingerprint density at radius 1 is 1.62 bits per heavy atom. The van der Waals surface area contributed by atoms with Gasteiger partial charge in [0.1, 0.15) is 17.5 Å². The predicted molar refractivity (Wildman–Crippen MR) is 59.8 cm³/mol. The Labute approximate surface area is 93.9 Å². The van der Waals surface area contributed by atoms with Gasteiger partial charge in [0, 0.05) is 20.1 Å². The van der Waals surface area contributed by atoms with E-state index in [-0.39, 0.29) is 6.10 Å². The molecule has 0 amide bonds. The van der Waals surface area contributed by atoms with Crippen molar-refractivity contribution in [2.75, 3.05) is 23.7 Å². The molecule has 0 bridgehead atoms. The molecular weight excluding hydrogens is 206 g/mol. The lowest BCUT2D eigenvalue weighted by molar-refractivity contribution is 0.154. The highest BCUT2D eigenvalue weighted by Gasteiger charge is 2.24. The number of aliphatic hydroxyl groups is 1. The van der Waals surface area contributed by atoms with Crippen molar-refractivity contribution in [2.24, 2.45) is 7.05 Å². The molecule has 0 saturated carbocycles. The van der Waals surface area contributed by atoms with Gasteiger partial charge in [0.05, 0.1) is 6.10 Å². The Morgan fingerprint density at radius 3 is 3.00 bits per heavy atom. The Bertz CT molecular complexity index is 433. The van der Waals surface area contributed by atoms with E-state index in [0.29, 0.717) is 23.7 Å². The van der Waals surface area contributed by atoms with E-state index in [4.69, 9.17) is 11.0 Å². The minimum atomic E-state index is -0.344. The second-order valence-electron chi connectivity index (χ2n) is 4.06. The molecule has 2 rings (SSSR count). The van der Waals surface area contributed by atoms with Crippen molar-refractivity contribution in [3.05, 3.63) is 5.56 Å². The fourth-order valence-electron chi connectivity index (χ4n) is 2.00. The average Bonchev–Trinajstić information content (AvgIpc) is 2.55. The minimum Gasteiger partial charge on any atom is -0.391 e. The number of nitriles is 1. The highest BCUT2D eigenvalue weighted by Crippen LogP contribution is 2.26. The van der Waals surface area contributed by atoms with Crippen LogP contribution in [0.4, 0.5) is 11.6 Å². The van der Waals surface area contributed by atoms with Gasteiger partial charge in [-0.05, 0) is 12.8 Å². The Balaban J connectivity index is 2.33. The van der Waals surface area contributed by atoms with Gasteiger partial charge in [-0.25, -0.2) is 4.68 Å². The Hall–Kier alpha value is -1.74. The molecule has 0 aromatic carbocycles. The summed E-state index contributed by atoms with van der Waals surface area (Å²) in [6.45, 7) is 1.33. The van der Waals surface area contributed by atoms with Gasteiger partial charge in [-0.1, -0.05) is 0 Å². The zero-order chi connectivity index (χ0) is 11.7. The van der Waals surface area contributed by atoms with Crippen LogP contribution in [0, 0.1) is 11.3 Å². The van der Waals surface area contributed by atoms with Crippen LogP contribution in [-0.4, -0.2) is 34.1 Å². The fraction of sp³-hybridized carbons (Fsp3) is 0.600. The second-order valence-corrected chi connectivity index (χ2v) is 4.06. The molecule has 1 atom stereocenters. The molecule has 1 fully saturated rings. The lowest BCUT2D eigenvalue weighted by Crippen LogP contribution is -2.38. The number of anilines is 2. The largest absolute Gasteiger partial charge is 0.391 e. The SMILES string of the molecule is Cn1nc(N2CCCC(O)C2)c(C#N)c1N. The minimum absolute atomic E-state index is 0.344. The van der Waals surface area contributed by atoms with Crippen LogP contribution in [0.3, 0.4) is 0 Å². The molecule has 1 aromatic heterocycles. The van der Waals surface area contributed by atoms with Crippen LogP contribution >= 0.6 is 0 Å². The molecule has 0 aliphatic carbocycles. The standard InChI is InChI=1S/C10H15N5O/c1-14-9(12)8(5-11)10(13-14)15-4-2-3-7(16)6-15/h7,16H,2-4,6,12H2,1H3. The maximum atomic E-state index is 9.59. The normalized spacial score (nSPS) is 20.8. The topological polar surface area (TPSA) is 91.1 Å². The van der Waals surface area contributed by atoms with Crippen molar-refractivity contribution < 1.29 is 5.11 Å². The molecule has 1 aromatic rings. The molecule has 3 N–H and O–H groups in total. The number of aliphatic hydroxyl groups excluding tert-OH is 1. The van der Waals surface area contributed by atoms with E-state index in [1.807, 2.05) is 4.90 Å². The number of hydrogen-bond donors (Lipinski definition) is 2. The molecule has 0 spiro atoms. The fourth-order valence-corrected chi connectivity index (χ4v) is 2.00. The number of aromatic nitrogens is 2. The van der Waals surface area contributed by atoms with E-state index in [2.05, 4.69) is 11.2 Å². The third-order valence-electron chi connectivity index (χ3n) is 2.88. The van der Waals surface area contributed by atoms with Crippen LogP contribution in [0.25, 0.3) is 0 Å². The van der Waals surface area contributed by atoms with Crippen molar-refractivity contribution in [1.29, 1.82) is 5.26 Å². The lowest BCUT2D eigenvalue weighted by atomic mass is 10.1. The molecule has 1 unspecified atom stereocenters. The van der Waals surface area contributed by atoms with Crippen LogP contribution in [0.2, 0.25) is 0 Å². The van der Waals surface area contributed by atoms with Crippen LogP contribution < -0.4 is 10.6 Å². The first-order valence-electron chi connectivity index (χ1n) is 5.29. The lowest BCUT2D eigenvalue weighted by Gasteiger charge is -2.30. The van der Waals surface area contributed by atoms with Crippen molar-refractivity contribution in [2.45, 2.75) is 18.9 Å². The Kier molecular flexibility index (Phi) is 2.71. The molecule has 6 nitrogen and oxygen atoms in total. The molecule has 1 aliphatic heterocycles. The monoisotopic (exact) mass is 221 g/mol. The van der Waals surface area contributed by atoms with E-state index in [0.717, 1.165) is 19.4 Å². The van der Waals surface area contributed by atoms with Gasteiger partial charge >= 0.3 is 0 Å². The summed E-state index contributed by atoms with van der Waals surface area (Å²) in [6.07, 6.45) is 1.37. The summed E-state index contributed by atoms with van der Waals surface area (Å²) in [5.74, 6) is 0.957. The number of rotatable bonds is 1. The zero-order valence-electron chi connectivity index (χ0n) is 9.22. The summed E-state index contributed by atoms with van der Waals surface area (Å²) in [6, 6.07) is 2.07. The van der Waals surface area contributed by atoms with Crippen molar-refractivity contribution >= 4 is 11.6 Å². The highest BCUT2D eigenvalue weighted by molar-refractivity contribution is 5.65. The van der Waals surface area contributed by atoms with Crippen LogP contribution in [0.1, 0.15) is 18.4 Å². The maximum Gasteiger partial charge on any atom is 0.170 e. The van der Waals surface area contributed by atoms with Crippen LogP contribution in [0.5, 0.6) is 0 Å². The third-order valence-corrected chi connectivity index (χ3v) is 2.88. The molecule has 6 heteroatoms. The summed E-state index contributed by atoms with van der Waals surface area (Å²) in [5, 5.41) is 22.8. The summed E-state index contributed by atoms with van der Waals surface area (Å²) >= 11 is 0. The van der Waals surface area contributed by atoms with E-state index in [1.165, 1.54) is 4.68 Å². The number of piperidine rings is 1. The van der Waals surface area contributed by atoms with E-state index in [9.17, 15) is 5.11 Å². The summed E-state index contributed by atoms with van der Waals surface area (Å²) in [7, 11) is 1.71. The van der Waals surface area contributed by atoms with Gasteiger partial charge in [-0.3, -0.25) is 0 Å². The van der Waals surface area contributed by atoms with Crippen LogP contribution in [-0.2, 0) is 7.05 Å². The van der Waals surface area contributed by atoms with Gasteiger partial charge in [0.25, 0.3) is 0 Å². The van der Waals surface area contributed by atoms with E-state index < -0.39 is 0 Å². The molecule has 1 saturated heterocycles.